The van der Waals surface area contributed by atoms with Crippen molar-refractivity contribution in [2.75, 3.05) is 0 Å². The zero-order chi connectivity index (χ0) is 9.38. The minimum absolute atomic E-state index is 0.821. The summed E-state index contributed by atoms with van der Waals surface area (Å²) in [6, 6.07) is 0. The predicted molar refractivity (Wildman–Crippen MR) is 48.8 cm³/mol. The number of rotatable bonds is 1. The van der Waals surface area contributed by atoms with E-state index in [1.54, 1.807) is 29.5 Å². The van der Waals surface area contributed by atoms with E-state index in [1.165, 1.54) is 6.33 Å². The van der Waals surface area contributed by atoms with E-state index in [9.17, 15) is 0 Å². The van der Waals surface area contributed by atoms with Gasteiger partial charge in [0.1, 0.15) is 23.0 Å². The Kier molecular flexibility index (Phi) is 1.35. The summed E-state index contributed by atoms with van der Waals surface area (Å²) in [7, 11) is 0. The largest absolute Gasteiger partial charge is 0.283 e. The molecule has 0 aliphatic heterocycles. The van der Waals surface area contributed by atoms with Crippen molar-refractivity contribution in [2.45, 2.75) is 0 Å². The van der Waals surface area contributed by atoms with E-state index in [0.29, 0.717) is 0 Å². The second-order valence-corrected chi connectivity index (χ2v) is 2.81. The Bertz CT molecular complexity index is 552. The molecule has 1 N–H and O–H groups in total. The van der Waals surface area contributed by atoms with Gasteiger partial charge in [-0.3, -0.25) is 5.10 Å². The van der Waals surface area contributed by atoms with E-state index in [4.69, 9.17) is 0 Å². The monoisotopic (exact) mass is 186 g/mol. The van der Waals surface area contributed by atoms with Gasteiger partial charge in [0, 0.05) is 6.20 Å². The zero-order valence-electron chi connectivity index (χ0n) is 7.12. The maximum atomic E-state index is 4.19. The smallest absolute Gasteiger partial charge is 0.116 e. The third-order valence-corrected chi connectivity index (χ3v) is 1.97. The molecule has 6 nitrogen and oxygen atoms in total. The maximum absolute atomic E-state index is 4.19. The first-order valence-electron chi connectivity index (χ1n) is 4.08. The van der Waals surface area contributed by atoms with Crippen LogP contribution in [0, 0.1) is 0 Å². The summed E-state index contributed by atoms with van der Waals surface area (Å²) in [6.45, 7) is 0. The molecule has 0 amide bonds. The fourth-order valence-corrected chi connectivity index (χ4v) is 1.33. The molecule has 0 bridgehead atoms. The van der Waals surface area contributed by atoms with E-state index in [1.807, 2.05) is 0 Å². The van der Waals surface area contributed by atoms with Crippen LogP contribution in [0.1, 0.15) is 0 Å². The summed E-state index contributed by atoms with van der Waals surface area (Å²) < 4.78 is 1.73. The number of aromatic nitrogens is 6. The highest BCUT2D eigenvalue weighted by molar-refractivity contribution is 5.74. The standard InChI is InChI=1S/C8H6N6/c1-6(2-12-11-1)14-8-4-9-5-10-7(8)3-13-14/h1-5H,(H,11,12). The summed E-state index contributed by atoms with van der Waals surface area (Å²) in [5, 5.41) is 10.8. The van der Waals surface area contributed by atoms with Crippen molar-refractivity contribution in [1.82, 2.24) is 29.9 Å². The minimum Gasteiger partial charge on any atom is -0.283 e. The van der Waals surface area contributed by atoms with Crippen LogP contribution in [0.2, 0.25) is 0 Å². The van der Waals surface area contributed by atoms with Gasteiger partial charge < -0.3 is 0 Å². The fraction of sp³-hybridized carbons (Fsp3) is 0. The second kappa shape index (κ2) is 2.63. The Morgan fingerprint density at radius 1 is 1.21 bits per heavy atom. The van der Waals surface area contributed by atoms with Gasteiger partial charge in [0.05, 0.1) is 18.6 Å². The van der Waals surface area contributed by atoms with E-state index in [2.05, 4.69) is 25.3 Å². The molecule has 0 spiro atoms. The van der Waals surface area contributed by atoms with E-state index in [0.717, 1.165) is 16.7 Å². The maximum Gasteiger partial charge on any atom is 0.116 e. The van der Waals surface area contributed by atoms with E-state index < -0.39 is 0 Å². The number of fused-ring (bicyclic) bond motifs is 1. The highest BCUT2D eigenvalue weighted by atomic mass is 15.3. The molecule has 0 unspecified atom stereocenters. The Labute approximate surface area is 78.6 Å². The molecular weight excluding hydrogens is 180 g/mol. The van der Waals surface area contributed by atoms with Crippen LogP contribution in [0.5, 0.6) is 0 Å². The lowest BCUT2D eigenvalue weighted by atomic mass is 10.4. The Hall–Kier alpha value is -2.24. The summed E-state index contributed by atoms with van der Waals surface area (Å²) in [5.74, 6) is 0. The Morgan fingerprint density at radius 3 is 3.07 bits per heavy atom. The van der Waals surface area contributed by atoms with Gasteiger partial charge in [-0.05, 0) is 0 Å². The molecule has 3 aromatic rings. The van der Waals surface area contributed by atoms with Gasteiger partial charge in [0.2, 0.25) is 0 Å². The number of aromatic amines is 1. The third kappa shape index (κ3) is 0.905. The molecule has 0 aliphatic carbocycles. The molecular formula is C8H6N6. The van der Waals surface area contributed by atoms with Crippen LogP contribution in [0.25, 0.3) is 16.7 Å². The highest BCUT2D eigenvalue weighted by Gasteiger charge is 2.05. The number of nitrogens with one attached hydrogen (secondary N) is 1. The van der Waals surface area contributed by atoms with Gasteiger partial charge >= 0.3 is 0 Å². The first-order valence-corrected chi connectivity index (χ1v) is 4.08. The zero-order valence-corrected chi connectivity index (χ0v) is 7.12. The van der Waals surface area contributed by atoms with Crippen LogP contribution in [0.15, 0.2) is 31.1 Å². The predicted octanol–water partition coefficient (Wildman–Crippen LogP) is 0.539. The van der Waals surface area contributed by atoms with E-state index >= 15 is 0 Å². The Morgan fingerprint density at radius 2 is 2.21 bits per heavy atom. The quantitative estimate of drug-likeness (QED) is 0.602. The van der Waals surface area contributed by atoms with Gasteiger partial charge in [-0.15, -0.1) is 0 Å². The normalized spacial score (nSPS) is 10.9. The first-order chi connectivity index (χ1) is 6.95. The van der Waals surface area contributed by atoms with Crippen LogP contribution in [0.3, 0.4) is 0 Å². The molecule has 3 rings (SSSR count). The topological polar surface area (TPSA) is 72.3 Å². The fourth-order valence-electron chi connectivity index (χ4n) is 1.33. The van der Waals surface area contributed by atoms with Gasteiger partial charge in [0.15, 0.2) is 0 Å². The van der Waals surface area contributed by atoms with Gasteiger partial charge in [-0.25, -0.2) is 14.6 Å². The third-order valence-electron chi connectivity index (χ3n) is 1.97. The van der Waals surface area contributed by atoms with Crippen molar-refractivity contribution in [2.24, 2.45) is 0 Å². The molecule has 68 valence electrons. The van der Waals surface area contributed by atoms with Crippen molar-refractivity contribution >= 4 is 11.0 Å². The van der Waals surface area contributed by atoms with Crippen molar-refractivity contribution in [3.63, 3.8) is 0 Å². The molecule has 0 saturated carbocycles. The van der Waals surface area contributed by atoms with Crippen molar-refractivity contribution in [1.29, 1.82) is 0 Å². The molecule has 0 aromatic carbocycles. The number of hydrogen-bond acceptors (Lipinski definition) is 4. The molecule has 0 radical (unpaired) electrons. The Balaban J connectivity index is 2.33. The SMILES string of the molecule is c1ncc2c(cnn2-c2cn[nH]c2)n1. The van der Waals surface area contributed by atoms with Gasteiger partial charge in [-0.1, -0.05) is 0 Å². The van der Waals surface area contributed by atoms with Crippen LogP contribution < -0.4 is 0 Å². The average Bonchev–Trinajstić information content (AvgIpc) is 2.85. The summed E-state index contributed by atoms with van der Waals surface area (Å²) in [4.78, 5) is 8.04. The lowest BCUT2D eigenvalue weighted by molar-refractivity contribution is 0.909. The lowest BCUT2D eigenvalue weighted by Crippen LogP contribution is -1.93. The molecule has 14 heavy (non-hydrogen) atoms. The number of hydrogen-bond donors (Lipinski definition) is 1. The molecule has 3 heterocycles. The van der Waals surface area contributed by atoms with Crippen LogP contribution >= 0.6 is 0 Å². The van der Waals surface area contributed by atoms with Crippen molar-refractivity contribution in [3.8, 4) is 5.69 Å². The number of nitrogens with zero attached hydrogens (tertiary/aromatic N) is 5. The molecule has 0 saturated heterocycles. The summed E-state index contributed by atoms with van der Waals surface area (Å²) >= 11 is 0. The van der Waals surface area contributed by atoms with E-state index in [-0.39, 0.29) is 0 Å². The minimum atomic E-state index is 0.821. The van der Waals surface area contributed by atoms with Gasteiger partial charge in [-0.2, -0.15) is 10.2 Å². The number of H-pyrrole nitrogens is 1. The van der Waals surface area contributed by atoms with Crippen LogP contribution in [-0.2, 0) is 0 Å². The van der Waals surface area contributed by atoms with Crippen LogP contribution in [-0.4, -0.2) is 29.9 Å². The highest BCUT2D eigenvalue weighted by Crippen LogP contribution is 2.13. The molecule has 0 atom stereocenters. The molecule has 3 aromatic heterocycles. The summed E-state index contributed by atoms with van der Waals surface area (Å²) in [5.41, 5.74) is 2.56. The molecule has 0 fully saturated rings. The van der Waals surface area contributed by atoms with Gasteiger partial charge in [0.25, 0.3) is 0 Å². The second-order valence-electron chi connectivity index (χ2n) is 2.81. The molecule has 6 heteroatoms. The van der Waals surface area contributed by atoms with Crippen molar-refractivity contribution in [3.05, 3.63) is 31.1 Å². The van der Waals surface area contributed by atoms with Crippen LogP contribution in [0.4, 0.5) is 0 Å². The summed E-state index contributed by atoms with van der Waals surface area (Å²) in [6.07, 6.45) is 8.38. The average molecular weight is 186 g/mol. The molecule has 0 aliphatic rings. The van der Waals surface area contributed by atoms with Crippen molar-refractivity contribution < 1.29 is 0 Å². The first kappa shape index (κ1) is 7.19. The lowest BCUT2D eigenvalue weighted by Gasteiger charge is -1.96.